The molecule has 2 aromatic rings. The van der Waals surface area contributed by atoms with Gasteiger partial charge in [-0.05, 0) is 45.6 Å². The van der Waals surface area contributed by atoms with Crippen LogP contribution >= 0.6 is 15.9 Å². The summed E-state index contributed by atoms with van der Waals surface area (Å²) in [6.45, 7) is 2.73. The fourth-order valence-corrected chi connectivity index (χ4v) is 2.70. The Labute approximate surface area is 132 Å². The number of nitro benzene ring substituents is 1. The fourth-order valence-electron chi connectivity index (χ4n) is 2.16. The molecular weight excluding hydrogens is 332 g/mol. The molecule has 5 heteroatoms. The zero-order valence-electron chi connectivity index (χ0n) is 12.0. The molecule has 0 aliphatic carbocycles. The fraction of sp³-hybridized carbons (Fsp3) is 0.250. The number of hydrogen-bond donors (Lipinski definition) is 0. The molecular formula is C16H17BrN2O2. The summed E-state index contributed by atoms with van der Waals surface area (Å²) >= 11 is 3.34. The van der Waals surface area contributed by atoms with E-state index in [0.29, 0.717) is 11.0 Å². The van der Waals surface area contributed by atoms with E-state index in [0.717, 1.165) is 17.7 Å². The smallest absolute Gasteiger partial charge is 0.283 e. The molecule has 0 unspecified atom stereocenters. The third-order valence-corrected chi connectivity index (χ3v) is 4.36. The Morgan fingerprint density at radius 3 is 2.43 bits per heavy atom. The number of hydrogen-bond acceptors (Lipinski definition) is 3. The lowest BCUT2D eigenvalue weighted by molar-refractivity contribution is -0.385. The van der Waals surface area contributed by atoms with Gasteiger partial charge in [0.05, 0.1) is 4.92 Å². The van der Waals surface area contributed by atoms with Crippen molar-refractivity contribution < 1.29 is 4.92 Å². The summed E-state index contributed by atoms with van der Waals surface area (Å²) in [4.78, 5) is 12.7. The van der Waals surface area contributed by atoms with E-state index in [9.17, 15) is 10.1 Å². The average molecular weight is 349 g/mol. The molecule has 0 N–H and O–H groups in total. The van der Waals surface area contributed by atoms with Crippen molar-refractivity contribution in [2.75, 3.05) is 11.9 Å². The summed E-state index contributed by atoms with van der Waals surface area (Å²) in [5, 5.41) is 11.0. The van der Waals surface area contributed by atoms with Crippen molar-refractivity contribution in [2.24, 2.45) is 0 Å². The molecule has 0 heterocycles. The topological polar surface area (TPSA) is 46.4 Å². The summed E-state index contributed by atoms with van der Waals surface area (Å²) in [7, 11) is 1.98. The van der Waals surface area contributed by atoms with Crippen molar-refractivity contribution in [1.82, 2.24) is 0 Å². The average Bonchev–Trinajstić information content (AvgIpc) is 2.49. The SMILES string of the molecule is CCc1ccc(N(C)Cc2cccc([N+](=O)[O-])c2Br)cc1. The van der Waals surface area contributed by atoms with Gasteiger partial charge in [0.15, 0.2) is 0 Å². The van der Waals surface area contributed by atoms with E-state index in [1.165, 1.54) is 11.6 Å². The van der Waals surface area contributed by atoms with Gasteiger partial charge in [-0.25, -0.2) is 0 Å². The molecule has 0 atom stereocenters. The first-order valence-corrected chi connectivity index (χ1v) is 7.54. The highest BCUT2D eigenvalue weighted by Crippen LogP contribution is 2.29. The Balaban J connectivity index is 2.20. The van der Waals surface area contributed by atoms with E-state index in [-0.39, 0.29) is 10.6 Å². The van der Waals surface area contributed by atoms with Crippen LogP contribution in [-0.4, -0.2) is 12.0 Å². The van der Waals surface area contributed by atoms with Crippen LogP contribution in [0.4, 0.5) is 11.4 Å². The van der Waals surface area contributed by atoms with Crippen LogP contribution in [0.1, 0.15) is 18.1 Å². The molecule has 21 heavy (non-hydrogen) atoms. The third-order valence-electron chi connectivity index (χ3n) is 3.45. The molecule has 0 aromatic heterocycles. The number of rotatable bonds is 5. The molecule has 0 fully saturated rings. The van der Waals surface area contributed by atoms with Crippen molar-refractivity contribution >= 4 is 27.3 Å². The standard InChI is InChI=1S/C16H17BrN2O2/c1-3-12-7-9-14(10-8-12)18(2)11-13-5-4-6-15(16(13)17)19(20)21/h4-10H,3,11H2,1-2H3. The Hall–Kier alpha value is -1.88. The maximum Gasteiger partial charge on any atom is 0.283 e. The Kier molecular flexibility index (Phi) is 4.96. The second-order valence-electron chi connectivity index (χ2n) is 4.88. The molecule has 0 bridgehead atoms. The first kappa shape index (κ1) is 15.5. The van der Waals surface area contributed by atoms with Crippen LogP contribution < -0.4 is 4.90 Å². The summed E-state index contributed by atoms with van der Waals surface area (Å²) in [5.74, 6) is 0. The molecule has 2 aromatic carbocycles. The van der Waals surface area contributed by atoms with Gasteiger partial charge in [-0.2, -0.15) is 0 Å². The first-order valence-electron chi connectivity index (χ1n) is 6.74. The molecule has 0 spiro atoms. The quantitative estimate of drug-likeness (QED) is 0.587. The highest BCUT2D eigenvalue weighted by Gasteiger charge is 2.15. The van der Waals surface area contributed by atoms with E-state index in [1.54, 1.807) is 6.07 Å². The second-order valence-corrected chi connectivity index (χ2v) is 5.68. The minimum Gasteiger partial charge on any atom is -0.370 e. The molecule has 110 valence electrons. The van der Waals surface area contributed by atoms with E-state index in [2.05, 4.69) is 52.0 Å². The lowest BCUT2D eigenvalue weighted by atomic mass is 10.1. The molecule has 2 rings (SSSR count). The number of halogens is 1. The zero-order valence-corrected chi connectivity index (χ0v) is 13.6. The van der Waals surface area contributed by atoms with E-state index in [4.69, 9.17) is 0 Å². The lowest BCUT2D eigenvalue weighted by Crippen LogP contribution is -2.16. The van der Waals surface area contributed by atoms with Gasteiger partial charge < -0.3 is 4.90 Å². The molecule has 0 aliphatic rings. The van der Waals surface area contributed by atoms with Gasteiger partial charge in [-0.3, -0.25) is 10.1 Å². The highest BCUT2D eigenvalue weighted by atomic mass is 79.9. The molecule has 0 saturated carbocycles. The van der Waals surface area contributed by atoms with Gasteiger partial charge in [0, 0.05) is 25.3 Å². The van der Waals surface area contributed by atoms with Crippen LogP contribution in [0.15, 0.2) is 46.9 Å². The lowest BCUT2D eigenvalue weighted by Gasteiger charge is -2.20. The summed E-state index contributed by atoms with van der Waals surface area (Å²) in [6, 6.07) is 13.5. The maximum absolute atomic E-state index is 11.0. The van der Waals surface area contributed by atoms with Crippen LogP contribution in [0.5, 0.6) is 0 Å². The van der Waals surface area contributed by atoms with Crippen molar-refractivity contribution in [3.8, 4) is 0 Å². The first-order chi connectivity index (χ1) is 10.0. The summed E-state index contributed by atoms with van der Waals surface area (Å²) < 4.78 is 0.548. The van der Waals surface area contributed by atoms with Crippen molar-refractivity contribution in [1.29, 1.82) is 0 Å². The summed E-state index contributed by atoms with van der Waals surface area (Å²) in [5.41, 5.74) is 3.38. The Morgan fingerprint density at radius 2 is 1.86 bits per heavy atom. The van der Waals surface area contributed by atoms with E-state index in [1.807, 2.05) is 13.1 Å². The maximum atomic E-state index is 11.0. The minimum atomic E-state index is -0.371. The van der Waals surface area contributed by atoms with Crippen LogP contribution in [0.25, 0.3) is 0 Å². The van der Waals surface area contributed by atoms with Gasteiger partial charge >= 0.3 is 0 Å². The van der Waals surface area contributed by atoms with Crippen LogP contribution in [0, 0.1) is 10.1 Å². The van der Waals surface area contributed by atoms with Crippen LogP contribution in [-0.2, 0) is 13.0 Å². The van der Waals surface area contributed by atoms with E-state index >= 15 is 0 Å². The molecule has 0 saturated heterocycles. The van der Waals surface area contributed by atoms with Gasteiger partial charge in [0.1, 0.15) is 4.47 Å². The summed E-state index contributed by atoms with van der Waals surface area (Å²) in [6.07, 6.45) is 1.01. The monoisotopic (exact) mass is 348 g/mol. The van der Waals surface area contributed by atoms with Crippen molar-refractivity contribution in [3.63, 3.8) is 0 Å². The predicted octanol–water partition coefficient (Wildman–Crippen LogP) is 4.56. The van der Waals surface area contributed by atoms with Crippen LogP contribution in [0.2, 0.25) is 0 Å². The largest absolute Gasteiger partial charge is 0.370 e. The molecule has 0 amide bonds. The number of benzene rings is 2. The van der Waals surface area contributed by atoms with Gasteiger partial charge in [0.2, 0.25) is 0 Å². The van der Waals surface area contributed by atoms with E-state index < -0.39 is 0 Å². The minimum absolute atomic E-state index is 0.0993. The molecule has 0 radical (unpaired) electrons. The number of nitro groups is 1. The van der Waals surface area contributed by atoms with Gasteiger partial charge in [0.25, 0.3) is 5.69 Å². The van der Waals surface area contributed by atoms with Gasteiger partial charge in [-0.15, -0.1) is 0 Å². The third kappa shape index (κ3) is 3.61. The van der Waals surface area contributed by atoms with Crippen molar-refractivity contribution in [2.45, 2.75) is 19.9 Å². The Bertz CT molecular complexity index is 641. The van der Waals surface area contributed by atoms with Gasteiger partial charge in [-0.1, -0.05) is 31.2 Å². The molecule has 4 nitrogen and oxygen atoms in total. The van der Waals surface area contributed by atoms with Crippen LogP contribution in [0.3, 0.4) is 0 Å². The zero-order chi connectivity index (χ0) is 15.4. The van der Waals surface area contributed by atoms with Crippen molar-refractivity contribution in [3.05, 3.63) is 68.2 Å². The number of nitrogens with zero attached hydrogens (tertiary/aromatic N) is 2. The number of aryl methyl sites for hydroxylation is 1. The Morgan fingerprint density at radius 1 is 1.19 bits per heavy atom. The predicted molar refractivity (Wildman–Crippen MR) is 88.7 cm³/mol. The molecule has 0 aliphatic heterocycles. The highest BCUT2D eigenvalue weighted by molar-refractivity contribution is 9.10. The second kappa shape index (κ2) is 6.72. The normalized spacial score (nSPS) is 10.4. The number of anilines is 1.